The number of aromatic carboxylic acids is 1. The molecule has 0 bridgehead atoms. The standard InChI is InChI=1S/C9H6FN3O2/c10-5-1-2-6(9(14)15)7(3-5)8-4-11-13-12-8/h1-4H,(H,14,15)(H,11,12,13). The predicted molar refractivity (Wildman–Crippen MR) is 48.7 cm³/mol. The lowest BCUT2D eigenvalue weighted by atomic mass is 10.1. The van der Waals surface area contributed by atoms with Crippen molar-refractivity contribution in [1.29, 1.82) is 0 Å². The molecule has 0 amide bonds. The summed E-state index contributed by atoms with van der Waals surface area (Å²) in [5.41, 5.74) is 0.494. The number of halogens is 1. The highest BCUT2D eigenvalue weighted by Crippen LogP contribution is 2.21. The number of nitrogens with zero attached hydrogens (tertiary/aromatic N) is 2. The Balaban J connectivity index is 2.63. The lowest BCUT2D eigenvalue weighted by molar-refractivity contribution is 0.0697. The molecule has 1 aromatic carbocycles. The summed E-state index contributed by atoms with van der Waals surface area (Å²) in [6.45, 7) is 0. The Bertz CT molecular complexity index is 496. The number of carboxylic acids is 1. The van der Waals surface area contributed by atoms with E-state index in [-0.39, 0.29) is 11.1 Å². The number of hydrogen-bond acceptors (Lipinski definition) is 3. The third-order valence-corrected chi connectivity index (χ3v) is 1.90. The van der Waals surface area contributed by atoms with Gasteiger partial charge in [-0.3, -0.25) is 0 Å². The van der Waals surface area contributed by atoms with Crippen molar-refractivity contribution in [2.24, 2.45) is 0 Å². The highest BCUT2D eigenvalue weighted by molar-refractivity contribution is 5.95. The number of hydrogen-bond donors (Lipinski definition) is 2. The maximum absolute atomic E-state index is 13.0. The van der Waals surface area contributed by atoms with Crippen LogP contribution in [0.5, 0.6) is 0 Å². The lowest BCUT2D eigenvalue weighted by Gasteiger charge is -2.01. The predicted octanol–water partition coefficient (Wildman–Crippen LogP) is 1.31. The van der Waals surface area contributed by atoms with E-state index >= 15 is 0 Å². The zero-order valence-corrected chi connectivity index (χ0v) is 7.44. The highest BCUT2D eigenvalue weighted by Gasteiger charge is 2.14. The fourth-order valence-electron chi connectivity index (χ4n) is 1.25. The van der Waals surface area contributed by atoms with Crippen molar-refractivity contribution in [3.05, 3.63) is 35.8 Å². The van der Waals surface area contributed by atoms with Gasteiger partial charge in [-0.2, -0.15) is 15.4 Å². The van der Waals surface area contributed by atoms with E-state index in [1.54, 1.807) is 0 Å². The molecule has 2 rings (SSSR count). The summed E-state index contributed by atoms with van der Waals surface area (Å²) < 4.78 is 13.0. The van der Waals surface area contributed by atoms with Crippen molar-refractivity contribution in [3.8, 4) is 11.3 Å². The second-order valence-corrected chi connectivity index (χ2v) is 2.85. The van der Waals surface area contributed by atoms with E-state index in [4.69, 9.17) is 5.11 Å². The van der Waals surface area contributed by atoms with Gasteiger partial charge in [0.25, 0.3) is 0 Å². The summed E-state index contributed by atoms with van der Waals surface area (Å²) in [7, 11) is 0. The smallest absolute Gasteiger partial charge is 0.336 e. The van der Waals surface area contributed by atoms with Crippen LogP contribution in [0, 0.1) is 5.82 Å². The number of carboxylic acid groups (broad SMARTS) is 1. The van der Waals surface area contributed by atoms with Gasteiger partial charge in [0.15, 0.2) is 0 Å². The topological polar surface area (TPSA) is 78.9 Å². The van der Waals surface area contributed by atoms with Crippen molar-refractivity contribution < 1.29 is 14.3 Å². The lowest BCUT2D eigenvalue weighted by Crippen LogP contribution is -2.00. The minimum absolute atomic E-state index is 0.00898. The molecule has 0 spiro atoms. The molecule has 15 heavy (non-hydrogen) atoms. The third kappa shape index (κ3) is 1.69. The highest BCUT2D eigenvalue weighted by atomic mass is 19.1. The fourth-order valence-corrected chi connectivity index (χ4v) is 1.25. The Morgan fingerprint density at radius 1 is 1.47 bits per heavy atom. The molecular weight excluding hydrogens is 201 g/mol. The van der Waals surface area contributed by atoms with Crippen LogP contribution in [-0.2, 0) is 0 Å². The fraction of sp³-hybridized carbons (Fsp3) is 0. The Hall–Kier alpha value is -2.24. The van der Waals surface area contributed by atoms with Crippen LogP contribution < -0.4 is 0 Å². The van der Waals surface area contributed by atoms with Gasteiger partial charge in [-0.25, -0.2) is 9.18 Å². The Labute approximate surface area is 83.6 Å². The number of rotatable bonds is 2. The van der Waals surface area contributed by atoms with Crippen molar-refractivity contribution in [1.82, 2.24) is 15.4 Å². The first kappa shape index (κ1) is 9.32. The van der Waals surface area contributed by atoms with Crippen molar-refractivity contribution >= 4 is 5.97 Å². The molecule has 1 aromatic heterocycles. The first-order valence-corrected chi connectivity index (χ1v) is 4.07. The molecule has 5 nitrogen and oxygen atoms in total. The van der Waals surface area contributed by atoms with E-state index in [1.807, 2.05) is 0 Å². The molecule has 0 saturated carbocycles. The van der Waals surface area contributed by atoms with E-state index in [1.165, 1.54) is 12.3 Å². The van der Waals surface area contributed by atoms with E-state index in [0.717, 1.165) is 12.1 Å². The van der Waals surface area contributed by atoms with Gasteiger partial charge >= 0.3 is 5.97 Å². The Morgan fingerprint density at radius 2 is 2.27 bits per heavy atom. The normalized spacial score (nSPS) is 10.2. The van der Waals surface area contributed by atoms with Crippen LogP contribution in [0.1, 0.15) is 10.4 Å². The zero-order chi connectivity index (χ0) is 10.8. The average Bonchev–Trinajstić information content (AvgIpc) is 2.69. The molecule has 0 atom stereocenters. The van der Waals surface area contributed by atoms with E-state index < -0.39 is 11.8 Å². The van der Waals surface area contributed by atoms with E-state index in [2.05, 4.69) is 15.4 Å². The first-order valence-electron chi connectivity index (χ1n) is 4.07. The van der Waals surface area contributed by atoms with Crippen molar-refractivity contribution in [2.75, 3.05) is 0 Å². The van der Waals surface area contributed by atoms with Crippen LogP contribution in [0.3, 0.4) is 0 Å². The largest absolute Gasteiger partial charge is 0.478 e. The SMILES string of the molecule is O=C(O)c1ccc(F)cc1-c1cn[nH]n1. The molecule has 0 aliphatic carbocycles. The molecule has 1 heterocycles. The molecule has 0 aliphatic heterocycles. The van der Waals surface area contributed by atoms with Gasteiger partial charge < -0.3 is 5.11 Å². The number of nitrogens with one attached hydrogen (secondary N) is 1. The molecule has 76 valence electrons. The molecule has 2 aromatic rings. The molecule has 6 heteroatoms. The maximum atomic E-state index is 13.0. The second-order valence-electron chi connectivity index (χ2n) is 2.85. The average molecular weight is 207 g/mol. The monoisotopic (exact) mass is 207 g/mol. The van der Waals surface area contributed by atoms with Crippen LogP contribution in [0.25, 0.3) is 11.3 Å². The van der Waals surface area contributed by atoms with Gasteiger partial charge in [-0.05, 0) is 18.2 Å². The number of carbonyl (C=O) groups is 1. The van der Waals surface area contributed by atoms with Gasteiger partial charge in [0.05, 0.1) is 11.8 Å². The molecule has 0 saturated heterocycles. The van der Waals surface area contributed by atoms with E-state index in [9.17, 15) is 9.18 Å². The second kappa shape index (κ2) is 3.49. The van der Waals surface area contributed by atoms with Gasteiger partial charge in [0.2, 0.25) is 0 Å². The number of H-pyrrole nitrogens is 1. The number of aromatic nitrogens is 3. The number of benzene rings is 1. The molecular formula is C9H6FN3O2. The third-order valence-electron chi connectivity index (χ3n) is 1.90. The zero-order valence-electron chi connectivity index (χ0n) is 7.44. The summed E-state index contributed by atoms with van der Waals surface area (Å²) in [6, 6.07) is 3.40. The van der Waals surface area contributed by atoms with Gasteiger partial charge in [-0.15, -0.1) is 0 Å². The van der Waals surface area contributed by atoms with Crippen LogP contribution in [-0.4, -0.2) is 26.5 Å². The Kier molecular flexibility index (Phi) is 2.17. The molecule has 2 N–H and O–H groups in total. The minimum Gasteiger partial charge on any atom is -0.478 e. The quantitative estimate of drug-likeness (QED) is 0.778. The van der Waals surface area contributed by atoms with Crippen molar-refractivity contribution in [2.45, 2.75) is 0 Å². The number of aromatic amines is 1. The Morgan fingerprint density at radius 3 is 2.87 bits per heavy atom. The maximum Gasteiger partial charge on any atom is 0.336 e. The van der Waals surface area contributed by atoms with Crippen LogP contribution >= 0.6 is 0 Å². The molecule has 0 fully saturated rings. The van der Waals surface area contributed by atoms with Crippen LogP contribution in [0.4, 0.5) is 4.39 Å². The summed E-state index contributed by atoms with van der Waals surface area (Å²) in [6.07, 6.45) is 1.33. The summed E-state index contributed by atoms with van der Waals surface area (Å²) >= 11 is 0. The van der Waals surface area contributed by atoms with E-state index in [0.29, 0.717) is 5.69 Å². The van der Waals surface area contributed by atoms with Crippen LogP contribution in [0.15, 0.2) is 24.4 Å². The van der Waals surface area contributed by atoms with Gasteiger partial charge in [-0.1, -0.05) is 0 Å². The summed E-state index contributed by atoms with van der Waals surface area (Å²) in [5, 5.41) is 18.5. The summed E-state index contributed by atoms with van der Waals surface area (Å²) in [5.74, 6) is -1.65. The molecule has 0 unspecified atom stereocenters. The van der Waals surface area contributed by atoms with Crippen molar-refractivity contribution in [3.63, 3.8) is 0 Å². The molecule has 0 radical (unpaired) electrons. The molecule has 0 aliphatic rings. The minimum atomic E-state index is -1.13. The summed E-state index contributed by atoms with van der Waals surface area (Å²) in [4.78, 5) is 10.8. The first-order chi connectivity index (χ1) is 7.18. The van der Waals surface area contributed by atoms with Crippen LogP contribution in [0.2, 0.25) is 0 Å². The van der Waals surface area contributed by atoms with Gasteiger partial charge in [0.1, 0.15) is 11.5 Å². The van der Waals surface area contributed by atoms with Gasteiger partial charge in [0, 0.05) is 5.56 Å².